The molecule has 0 aliphatic heterocycles. The summed E-state index contributed by atoms with van der Waals surface area (Å²) in [5, 5.41) is 47.8. The van der Waals surface area contributed by atoms with Crippen LogP contribution in [0, 0.1) is 5.92 Å². The predicted molar refractivity (Wildman–Crippen MR) is 121 cm³/mol. The minimum absolute atomic E-state index is 0. The maximum Gasteiger partial charge on any atom is 0.339 e. The molecule has 0 radical (unpaired) electrons. The number of aromatic carboxylic acids is 2. The molecule has 1 fully saturated rings. The minimum Gasteiger partial charge on any atom is -0.507 e. The number of carboxylic acid groups (broad SMARTS) is 3. The zero-order valence-corrected chi connectivity index (χ0v) is 18.2. The Morgan fingerprint density at radius 3 is 1.56 bits per heavy atom. The molecule has 0 amide bonds. The summed E-state index contributed by atoms with van der Waals surface area (Å²) in [4.78, 5) is 46.5. The molecule has 2 aromatic carbocycles. The van der Waals surface area contributed by atoms with Crippen molar-refractivity contribution in [2.75, 3.05) is 0 Å². The second kappa shape index (κ2) is 11.6. The first-order chi connectivity index (χ1) is 14.6. The van der Waals surface area contributed by atoms with Gasteiger partial charge in [-0.05, 0) is 53.8 Å². The van der Waals surface area contributed by atoms with E-state index in [2.05, 4.69) is 0 Å². The molecule has 2 aromatic rings. The van der Waals surface area contributed by atoms with Crippen LogP contribution in [0.2, 0.25) is 0 Å². The fourth-order valence-electron chi connectivity index (χ4n) is 3.66. The topological polar surface area (TPSA) is 274 Å². The van der Waals surface area contributed by atoms with E-state index in [1.807, 2.05) is 0 Å². The molecule has 3 rings (SSSR count). The van der Waals surface area contributed by atoms with Gasteiger partial charge < -0.3 is 44.0 Å². The summed E-state index contributed by atoms with van der Waals surface area (Å²) in [6.07, 6.45) is 0.0319. The Balaban J connectivity index is 0.00000363. The van der Waals surface area contributed by atoms with Gasteiger partial charge in [-0.25, -0.2) is 9.59 Å². The highest BCUT2D eigenvalue weighted by Crippen LogP contribution is 2.38. The molecular weight excluding hydrogens is 450 g/mol. The quantitative estimate of drug-likeness (QED) is 0.288. The lowest BCUT2D eigenvalue weighted by molar-refractivity contribution is -0.146. The summed E-state index contributed by atoms with van der Waals surface area (Å²) < 4.78 is 0. The molecule has 34 heavy (non-hydrogen) atoms. The summed E-state index contributed by atoms with van der Waals surface area (Å²) in [5.41, 5.74) is 0.681. The monoisotopic (exact) mass is 477 g/mol. The van der Waals surface area contributed by atoms with Crippen molar-refractivity contribution in [3.8, 4) is 11.5 Å². The highest BCUT2D eigenvalue weighted by atomic mass is 16.4. The van der Waals surface area contributed by atoms with Gasteiger partial charge in [0.25, 0.3) is 0 Å². The van der Waals surface area contributed by atoms with E-state index in [9.17, 15) is 44.7 Å². The van der Waals surface area contributed by atoms with Gasteiger partial charge in [0.1, 0.15) is 34.3 Å². The largest absolute Gasteiger partial charge is 0.507 e. The average molecular weight is 477 g/mol. The van der Waals surface area contributed by atoms with E-state index >= 15 is 0 Å². The van der Waals surface area contributed by atoms with Crippen LogP contribution in [-0.2, 0) is 9.59 Å². The van der Waals surface area contributed by atoms with E-state index in [1.54, 1.807) is 0 Å². The second-order valence-corrected chi connectivity index (χ2v) is 7.11. The highest BCUT2D eigenvalue weighted by Gasteiger charge is 2.33. The normalized spacial score (nSPS) is 14.6. The Morgan fingerprint density at radius 1 is 0.735 bits per heavy atom. The number of ketones is 1. The van der Waals surface area contributed by atoms with E-state index in [1.165, 1.54) is 36.4 Å². The van der Waals surface area contributed by atoms with Crippen molar-refractivity contribution in [3.05, 3.63) is 64.2 Å². The molecule has 0 spiro atoms. The van der Waals surface area contributed by atoms with Gasteiger partial charge in [-0.1, -0.05) is 17.7 Å². The van der Waals surface area contributed by atoms with Crippen molar-refractivity contribution >= 4 is 29.3 Å². The number of benzene rings is 2. The fourth-order valence-corrected chi connectivity index (χ4v) is 3.66. The Labute approximate surface area is 193 Å². The van der Waals surface area contributed by atoms with Crippen LogP contribution in [0.25, 0.3) is 5.57 Å². The van der Waals surface area contributed by atoms with E-state index in [4.69, 9.17) is 0 Å². The first-order valence-electron chi connectivity index (χ1n) is 9.21. The van der Waals surface area contributed by atoms with Crippen LogP contribution >= 0.6 is 0 Å². The number of hydrogen-bond donors (Lipinski definition) is 8. The predicted octanol–water partition coefficient (Wildman–Crippen LogP) is 3.24. The van der Waals surface area contributed by atoms with Crippen molar-refractivity contribution in [1.29, 1.82) is 0 Å². The van der Waals surface area contributed by atoms with Gasteiger partial charge >= 0.3 is 17.9 Å². The number of rotatable bonds is 5. The van der Waals surface area contributed by atoms with Gasteiger partial charge in [-0.15, -0.1) is 0 Å². The van der Waals surface area contributed by atoms with Crippen LogP contribution in [0.4, 0.5) is 0 Å². The number of carboxylic acids is 3. The third-order valence-electron chi connectivity index (χ3n) is 5.20. The lowest BCUT2D eigenvalue weighted by Gasteiger charge is -2.24. The Bertz CT molecular complexity index is 1090. The van der Waals surface area contributed by atoms with Crippen LogP contribution < -0.4 is 18.5 Å². The fraction of sp³-hybridized carbons (Fsp3) is 0.182. The van der Waals surface area contributed by atoms with E-state index < -0.39 is 52.2 Å². The Hall–Kier alpha value is -4.26. The Morgan fingerprint density at radius 2 is 1.18 bits per heavy atom. The van der Waals surface area contributed by atoms with Crippen LogP contribution in [0.3, 0.4) is 0 Å². The van der Waals surface area contributed by atoms with Crippen molar-refractivity contribution < 1.29 is 44.7 Å². The molecular formula is C22H27N3O9. The maximum atomic E-state index is 12.0. The van der Waals surface area contributed by atoms with Crippen LogP contribution in [-0.4, -0.2) is 49.2 Å². The average Bonchev–Trinajstić information content (AvgIpc) is 2.71. The molecule has 184 valence electrons. The number of Topliss-reactive ketones (excluding diaryl/α,β-unsaturated/α-hetero) is 1. The lowest BCUT2D eigenvalue weighted by atomic mass is 9.79. The van der Waals surface area contributed by atoms with E-state index in [-0.39, 0.29) is 37.7 Å². The standard InChI is InChI=1S/C22H18O9.3H3N/c23-16-4-1-10(7-13(16)20(26)27)19(11-2-5-17(24)14(8-11)21(28)29)12-3-6-18(25)15(9-12)22(30)31;;;/h1-2,4-5,7-8,15,23-24H,3,6,9H2,(H,26,27)(H,28,29)(H,30,31);3*1H3. The first kappa shape index (κ1) is 29.7. The number of aliphatic carboxylic acids is 1. The van der Waals surface area contributed by atoms with E-state index in [0.29, 0.717) is 22.3 Å². The van der Waals surface area contributed by atoms with Gasteiger partial charge in [-0.3, -0.25) is 9.59 Å². The molecule has 1 saturated carbocycles. The summed E-state index contributed by atoms with van der Waals surface area (Å²) in [6.45, 7) is 0. The molecule has 1 unspecified atom stereocenters. The minimum atomic E-state index is -1.39. The van der Waals surface area contributed by atoms with Gasteiger partial charge in [0.15, 0.2) is 0 Å². The molecule has 1 atom stereocenters. The molecule has 0 saturated heterocycles. The number of aromatic hydroxyl groups is 2. The Kier molecular flexibility index (Phi) is 10.1. The second-order valence-electron chi connectivity index (χ2n) is 7.11. The smallest absolute Gasteiger partial charge is 0.339 e. The summed E-state index contributed by atoms with van der Waals surface area (Å²) in [5.74, 6) is -6.70. The molecule has 12 nitrogen and oxygen atoms in total. The third kappa shape index (κ3) is 5.75. The third-order valence-corrected chi connectivity index (χ3v) is 5.20. The molecule has 12 heteroatoms. The SMILES string of the molecule is N.N.N.O=C(O)c1cc(C(=C2CCC(=O)C(C(=O)O)C2)c2ccc(O)c(C(=O)O)c2)ccc1O. The van der Waals surface area contributed by atoms with Crippen LogP contribution in [0.5, 0.6) is 11.5 Å². The summed E-state index contributed by atoms with van der Waals surface area (Å²) >= 11 is 0. The van der Waals surface area contributed by atoms with Crippen LogP contribution in [0.1, 0.15) is 51.1 Å². The molecule has 1 aliphatic rings. The number of phenols is 2. The number of carbonyl (C=O) groups excluding carboxylic acids is 1. The highest BCUT2D eigenvalue weighted by molar-refractivity contribution is 6.01. The van der Waals surface area contributed by atoms with Crippen molar-refractivity contribution in [2.45, 2.75) is 19.3 Å². The molecule has 14 N–H and O–H groups in total. The van der Waals surface area contributed by atoms with Gasteiger partial charge in [0.05, 0.1) is 0 Å². The summed E-state index contributed by atoms with van der Waals surface area (Å²) in [7, 11) is 0. The number of allylic oxidation sites excluding steroid dienone is 1. The summed E-state index contributed by atoms with van der Waals surface area (Å²) in [6, 6.07) is 7.56. The van der Waals surface area contributed by atoms with E-state index in [0.717, 1.165) is 0 Å². The zero-order valence-electron chi connectivity index (χ0n) is 18.2. The van der Waals surface area contributed by atoms with Crippen molar-refractivity contribution in [1.82, 2.24) is 18.5 Å². The first-order valence-corrected chi connectivity index (χ1v) is 9.21. The lowest BCUT2D eigenvalue weighted by Crippen LogP contribution is -2.28. The molecule has 0 aromatic heterocycles. The zero-order chi connectivity index (χ0) is 22.9. The number of hydrogen-bond acceptors (Lipinski definition) is 9. The van der Waals surface area contributed by atoms with Gasteiger partial charge in [0, 0.05) is 6.42 Å². The molecule has 0 bridgehead atoms. The van der Waals surface area contributed by atoms with Gasteiger partial charge in [0.2, 0.25) is 0 Å². The van der Waals surface area contributed by atoms with Gasteiger partial charge in [-0.2, -0.15) is 0 Å². The van der Waals surface area contributed by atoms with Crippen LogP contribution in [0.15, 0.2) is 42.0 Å². The van der Waals surface area contributed by atoms with Crippen molar-refractivity contribution in [3.63, 3.8) is 0 Å². The number of carbonyl (C=O) groups is 4. The van der Waals surface area contributed by atoms with Crippen molar-refractivity contribution in [2.24, 2.45) is 5.92 Å². The molecule has 1 aliphatic carbocycles. The maximum absolute atomic E-state index is 12.0. The molecule has 0 heterocycles.